The number of halogens is 2. The summed E-state index contributed by atoms with van der Waals surface area (Å²) in [7, 11) is 0. The van der Waals surface area contributed by atoms with E-state index in [0.717, 1.165) is 0 Å². The maximum absolute atomic E-state index is 5.32. The van der Waals surface area contributed by atoms with Gasteiger partial charge in [0.05, 0.1) is 11.8 Å². The summed E-state index contributed by atoms with van der Waals surface area (Å²) in [6, 6.07) is 0. The Kier molecular flexibility index (Phi) is 8.85. The smallest absolute Gasteiger partial charge is 0.117 e. The van der Waals surface area contributed by atoms with Crippen molar-refractivity contribution in [2.24, 2.45) is 0 Å². The molecule has 0 saturated carbocycles. The second-order valence-electron chi connectivity index (χ2n) is 1.39. The molecule has 0 aliphatic heterocycles. The van der Waals surface area contributed by atoms with Gasteiger partial charge in [0.2, 0.25) is 0 Å². The number of hydrogen-bond acceptors (Lipinski definition) is 2. The molecule has 0 unspecified atom stereocenters. The molecule has 0 aliphatic carbocycles. The van der Waals surface area contributed by atoms with Crippen LogP contribution >= 0.6 is 23.2 Å². The van der Waals surface area contributed by atoms with Crippen LogP contribution in [0.15, 0.2) is 12.5 Å². The lowest BCUT2D eigenvalue weighted by atomic mass is 10.8. The van der Waals surface area contributed by atoms with Crippen LogP contribution < -0.4 is 0 Å². The fourth-order valence-corrected chi connectivity index (χ4v) is 0.482. The molecule has 4 heteroatoms. The largest absolute Gasteiger partial charge is 0.497 e. The average Bonchev–Trinajstić information content (AvgIpc) is 1.97. The lowest BCUT2D eigenvalue weighted by Gasteiger charge is -1.96. The molecule has 0 saturated heterocycles. The van der Waals surface area contributed by atoms with Crippen molar-refractivity contribution in [3.8, 4) is 0 Å². The van der Waals surface area contributed by atoms with Crippen LogP contribution in [0.5, 0.6) is 0 Å². The van der Waals surface area contributed by atoms with Crippen molar-refractivity contribution >= 4 is 23.2 Å². The number of rotatable bonds is 6. The van der Waals surface area contributed by atoms with Crippen LogP contribution in [0.4, 0.5) is 0 Å². The summed E-state index contributed by atoms with van der Waals surface area (Å²) < 4.78 is 9.70. The normalized spacial score (nSPS) is 10.2. The van der Waals surface area contributed by atoms with E-state index in [0.29, 0.717) is 25.0 Å². The fraction of sp³-hybridized carbons (Fsp3) is 0.667. The first-order valence-corrected chi connectivity index (χ1v) is 3.99. The Morgan fingerprint density at radius 3 is 1.60 bits per heavy atom. The second-order valence-corrected chi connectivity index (χ2v) is 2.15. The molecule has 0 fully saturated rings. The van der Waals surface area contributed by atoms with Gasteiger partial charge in [-0.05, 0) is 0 Å². The van der Waals surface area contributed by atoms with Crippen molar-refractivity contribution in [3.05, 3.63) is 12.5 Å². The van der Waals surface area contributed by atoms with E-state index in [1.54, 1.807) is 0 Å². The number of alkyl halides is 2. The molecule has 0 amide bonds. The van der Waals surface area contributed by atoms with E-state index in [9.17, 15) is 0 Å². The third kappa shape index (κ3) is 7.92. The summed E-state index contributed by atoms with van der Waals surface area (Å²) in [5.74, 6) is 0.972. The molecular formula is C6H10Cl2O2. The predicted molar refractivity (Wildman–Crippen MR) is 42.5 cm³/mol. The van der Waals surface area contributed by atoms with Crippen LogP contribution in [-0.2, 0) is 9.47 Å². The van der Waals surface area contributed by atoms with Crippen molar-refractivity contribution in [2.75, 3.05) is 25.0 Å². The van der Waals surface area contributed by atoms with Crippen LogP contribution in [0.25, 0.3) is 0 Å². The molecule has 0 bridgehead atoms. The van der Waals surface area contributed by atoms with Crippen molar-refractivity contribution < 1.29 is 9.47 Å². The quantitative estimate of drug-likeness (QED) is 0.357. The zero-order valence-corrected chi connectivity index (χ0v) is 7.07. The molecular weight excluding hydrogens is 175 g/mol. The molecule has 0 aromatic heterocycles. The zero-order valence-electron chi connectivity index (χ0n) is 5.56. The highest BCUT2D eigenvalue weighted by Gasteiger charge is 1.78. The molecule has 0 radical (unpaired) electrons. The fourth-order valence-electron chi connectivity index (χ4n) is 0.304. The number of hydrogen-bond donors (Lipinski definition) is 0. The minimum Gasteiger partial charge on any atom is -0.497 e. The lowest BCUT2D eigenvalue weighted by molar-refractivity contribution is 0.223. The van der Waals surface area contributed by atoms with Gasteiger partial charge in [0, 0.05) is 0 Å². The van der Waals surface area contributed by atoms with Crippen LogP contribution in [0.3, 0.4) is 0 Å². The Balaban J connectivity index is 2.89. The monoisotopic (exact) mass is 184 g/mol. The zero-order chi connectivity index (χ0) is 7.66. The molecule has 0 aromatic carbocycles. The summed E-state index contributed by atoms with van der Waals surface area (Å²) in [5.41, 5.74) is 0. The Labute approximate surface area is 70.7 Å². The third-order valence-corrected chi connectivity index (χ3v) is 0.947. The maximum Gasteiger partial charge on any atom is 0.117 e. The molecule has 0 spiro atoms. The Morgan fingerprint density at radius 1 is 0.900 bits per heavy atom. The van der Waals surface area contributed by atoms with Gasteiger partial charge in [-0.3, -0.25) is 0 Å². The van der Waals surface area contributed by atoms with Gasteiger partial charge in [0.15, 0.2) is 0 Å². The van der Waals surface area contributed by atoms with Gasteiger partial charge in [0.1, 0.15) is 25.7 Å². The van der Waals surface area contributed by atoms with Crippen LogP contribution in [-0.4, -0.2) is 25.0 Å². The predicted octanol–water partition coefficient (Wildman–Crippen LogP) is 1.97. The van der Waals surface area contributed by atoms with Crippen molar-refractivity contribution in [1.82, 2.24) is 0 Å². The Hall–Kier alpha value is -0.0800. The van der Waals surface area contributed by atoms with E-state index >= 15 is 0 Å². The van der Waals surface area contributed by atoms with Crippen LogP contribution in [0.2, 0.25) is 0 Å². The molecule has 0 aromatic rings. The maximum atomic E-state index is 5.32. The molecule has 0 heterocycles. The Bertz CT molecular complexity index is 75.8. The van der Waals surface area contributed by atoms with Crippen LogP contribution in [0.1, 0.15) is 0 Å². The van der Waals surface area contributed by atoms with Crippen molar-refractivity contribution in [2.45, 2.75) is 0 Å². The molecule has 2 nitrogen and oxygen atoms in total. The van der Waals surface area contributed by atoms with Gasteiger partial charge in [-0.25, -0.2) is 0 Å². The van der Waals surface area contributed by atoms with Crippen molar-refractivity contribution in [3.63, 3.8) is 0 Å². The standard InChI is InChI=1S/C6H10Cl2O2/c7-1-3-9-5-6-10-4-2-8/h5-6H,1-4H2. The first-order chi connectivity index (χ1) is 4.91. The first-order valence-electron chi connectivity index (χ1n) is 2.92. The highest BCUT2D eigenvalue weighted by molar-refractivity contribution is 6.18. The van der Waals surface area contributed by atoms with E-state index in [2.05, 4.69) is 0 Å². The van der Waals surface area contributed by atoms with Crippen LogP contribution in [0, 0.1) is 0 Å². The summed E-state index contributed by atoms with van der Waals surface area (Å²) in [6.45, 7) is 1.00. The molecule has 0 atom stereocenters. The van der Waals surface area contributed by atoms with E-state index in [-0.39, 0.29) is 0 Å². The second kappa shape index (κ2) is 8.92. The highest BCUT2D eigenvalue weighted by Crippen LogP contribution is 1.83. The van der Waals surface area contributed by atoms with Gasteiger partial charge in [0.25, 0.3) is 0 Å². The summed E-state index contributed by atoms with van der Waals surface area (Å²) in [6.07, 6.45) is 2.91. The molecule has 10 heavy (non-hydrogen) atoms. The third-order valence-electron chi connectivity index (χ3n) is 0.638. The minimum absolute atomic E-state index is 0.486. The SMILES string of the molecule is ClCCOC=COCCCl. The van der Waals surface area contributed by atoms with Gasteiger partial charge in [-0.2, -0.15) is 0 Å². The highest BCUT2D eigenvalue weighted by atomic mass is 35.5. The summed E-state index contributed by atoms with van der Waals surface area (Å²) in [4.78, 5) is 0. The van der Waals surface area contributed by atoms with Crippen molar-refractivity contribution in [1.29, 1.82) is 0 Å². The van der Waals surface area contributed by atoms with Gasteiger partial charge < -0.3 is 9.47 Å². The van der Waals surface area contributed by atoms with E-state index in [1.165, 1.54) is 12.5 Å². The lowest BCUT2D eigenvalue weighted by Crippen LogP contribution is -1.89. The van der Waals surface area contributed by atoms with E-state index < -0.39 is 0 Å². The van der Waals surface area contributed by atoms with Gasteiger partial charge in [-0.15, -0.1) is 23.2 Å². The van der Waals surface area contributed by atoms with Gasteiger partial charge in [-0.1, -0.05) is 0 Å². The van der Waals surface area contributed by atoms with Gasteiger partial charge >= 0.3 is 0 Å². The van der Waals surface area contributed by atoms with E-state index in [1.807, 2.05) is 0 Å². The topological polar surface area (TPSA) is 18.5 Å². The minimum atomic E-state index is 0.486. The summed E-state index contributed by atoms with van der Waals surface area (Å²) in [5, 5.41) is 0. The van der Waals surface area contributed by atoms with E-state index in [4.69, 9.17) is 32.7 Å². The molecule has 0 N–H and O–H groups in total. The molecule has 60 valence electrons. The average molecular weight is 185 g/mol. The first kappa shape index (κ1) is 9.92. The number of ether oxygens (including phenoxy) is 2. The molecule has 0 aliphatic rings. The molecule has 0 rings (SSSR count). The Morgan fingerprint density at radius 2 is 1.30 bits per heavy atom. The summed E-state index contributed by atoms with van der Waals surface area (Å²) >= 11 is 10.6.